The van der Waals surface area contributed by atoms with E-state index in [4.69, 9.17) is 11.6 Å². The van der Waals surface area contributed by atoms with Gasteiger partial charge in [0.15, 0.2) is 0 Å². The molecule has 1 aliphatic carbocycles. The van der Waals surface area contributed by atoms with Gasteiger partial charge >= 0.3 is 0 Å². The van der Waals surface area contributed by atoms with Crippen molar-refractivity contribution in [3.8, 4) is 0 Å². The predicted octanol–water partition coefficient (Wildman–Crippen LogP) is 3.63. The fourth-order valence-corrected chi connectivity index (χ4v) is 1.44. The number of hydrogen-bond acceptors (Lipinski definition) is 0. The Morgan fingerprint density at radius 2 is 2.00 bits per heavy atom. The first-order chi connectivity index (χ1) is 4.70. The third kappa shape index (κ3) is 1.88. The Kier molecular flexibility index (Phi) is 2.56. The summed E-state index contributed by atoms with van der Waals surface area (Å²) in [5.74, 6) is 0. The topological polar surface area (TPSA) is 0 Å². The monoisotopic (exact) mass is 156 g/mol. The Bertz CT molecular complexity index is 187. The highest BCUT2D eigenvalue weighted by Crippen LogP contribution is 2.24. The Hall–Kier alpha value is -0.230. The van der Waals surface area contributed by atoms with Crippen LogP contribution in [0, 0.1) is 0 Å². The summed E-state index contributed by atoms with van der Waals surface area (Å²) in [6.45, 7) is 4.25. The molecule has 0 atom stereocenters. The van der Waals surface area contributed by atoms with E-state index in [1.165, 1.54) is 24.0 Å². The van der Waals surface area contributed by atoms with Gasteiger partial charge in [0, 0.05) is 5.03 Å². The summed E-state index contributed by atoms with van der Waals surface area (Å²) in [5.41, 5.74) is 2.74. The minimum absolute atomic E-state index is 0.954. The van der Waals surface area contributed by atoms with Gasteiger partial charge in [0.25, 0.3) is 0 Å². The molecule has 56 valence electrons. The molecule has 0 unspecified atom stereocenters. The van der Waals surface area contributed by atoms with E-state index in [1.54, 1.807) is 0 Å². The fraction of sp³-hybridized carbons (Fsp3) is 0.556. The summed E-state index contributed by atoms with van der Waals surface area (Å²) in [5, 5.41) is 0.954. The molecule has 0 N–H and O–H groups in total. The third-order valence-electron chi connectivity index (χ3n) is 1.90. The molecular weight excluding hydrogens is 144 g/mol. The molecule has 0 aromatic carbocycles. The van der Waals surface area contributed by atoms with Crippen LogP contribution >= 0.6 is 11.6 Å². The van der Waals surface area contributed by atoms with Crippen molar-refractivity contribution in [2.24, 2.45) is 0 Å². The lowest BCUT2D eigenvalue weighted by Gasteiger charge is -1.95. The second-order valence-electron chi connectivity index (χ2n) is 2.97. The van der Waals surface area contributed by atoms with E-state index in [-0.39, 0.29) is 0 Å². The van der Waals surface area contributed by atoms with Crippen LogP contribution in [0.2, 0.25) is 0 Å². The second kappa shape index (κ2) is 3.25. The first kappa shape index (κ1) is 7.87. The Morgan fingerprint density at radius 1 is 1.30 bits per heavy atom. The molecule has 0 heterocycles. The molecule has 1 heteroatoms. The summed E-state index contributed by atoms with van der Waals surface area (Å²) in [6.07, 6.45) is 5.70. The van der Waals surface area contributed by atoms with Gasteiger partial charge in [0.1, 0.15) is 0 Å². The normalized spacial score (nSPS) is 20.5. The van der Waals surface area contributed by atoms with Crippen molar-refractivity contribution in [2.75, 3.05) is 0 Å². The lowest BCUT2D eigenvalue weighted by Crippen LogP contribution is -1.76. The number of halogens is 1. The van der Waals surface area contributed by atoms with Crippen LogP contribution in [0.3, 0.4) is 0 Å². The Balaban J connectivity index is 2.82. The van der Waals surface area contributed by atoms with E-state index in [1.807, 2.05) is 0 Å². The van der Waals surface area contributed by atoms with Crippen molar-refractivity contribution < 1.29 is 0 Å². The van der Waals surface area contributed by atoms with Crippen LogP contribution in [0.4, 0.5) is 0 Å². The van der Waals surface area contributed by atoms with Gasteiger partial charge in [-0.2, -0.15) is 0 Å². The van der Waals surface area contributed by atoms with Crippen molar-refractivity contribution in [2.45, 2.75) is 33.1 Å². The maximum absolute atomic E-state index is 5.97. The van der Waals surface area contributed by atoms with Crippen LogP contribution in [-0.4, -0.2) is 0 Å². The van der Waals surface area contributed by atoms with Crippen LogP contribution in [0.25, 0.3) is 0 Å². The first-order valence-electron chi connectivity index (χ1n) is 3.72. The molecular formula is C9H13Cl. The lowest BCUT2D eigenvalue weighted by molar-refractivity contribution is 0.813. The minimum Gasteiger partial charge on any atom is -0.0844 e. The van der Waals surface area contributed by atoms with Crippen molar-refractivity contribution in [3.05, 3.63) is 22.3 Å². The second-order valence-corrected chi connectivity index (χ2v) is 3.38. The van der Waals surface area contributed by atoms with Crippen LogP contribution in [-0.2, 0) is 0 Å². The zero-order valence-electron chi connectivity index (χ0n) is 6.58. The summed E-state index contributed by atoms with van der Waals surface area (Å²) in [6, 6.07) is 0. The smallest absolute Gasteiger partial charge is 0.0394 e. The Morgan fingerprint density at radius 3 is 2.70 bits per heavy atom. The highest BCUT2D eigenvalue weighted by atomic mass is 35.5. The lowest BCUT2D eigenvalue weighted by atomic mass is 10.1. The molecule has 0 amide bonds. The van der Waals surface area contributed by atoms with Crippen LogP contribution < -0.4 is 0 Å². The molecule has 0 aromatic heterocycles. The molecule has 0 saturated heterocycles. The third-order valence-corrected chi connectivity index (χ3v) is 2.34. The SMILES string of the molecule is CC1=CC(Cl)=C(C)CCC1. The van der Waals surface area contributed by atoms with Gasteiger partial charge in [-0.05, 0) is 39.2 Å². The maximum Gasteiger partial charge on any atom is 0.0394 e. The van der Waals surface area contributed by atoms with Crippen molar-refractivity contribution in [3.63, 3.8) is 0 Å². The molecule has 1 rings (SSSR count). The summed E-state index contributed by atoms with van der Waals surface area (Å²) >= 11 is 5.97. The van der Waals surface area contributed by atoms with E-state index in [0.717, 1.165) is 11.5 Å². The van der Waals surface area contributed by atoms with Crippen molar-refractivity contribution in [1.29, 1.82) is 0 Å². The average Bonchev–Trinajstić information content (AvgIpc) is 1.96. The van der Waals surface area contributed by atoms with E-state index < -0.39 is 0 Å². The minimum atomic E-state index is 0.954. The molecule has 0 aromatic rings. The van der Waals surface area contributed by atoms with E-state index in [9.17, 15) is 0 Å². The van der Waals surface area contributed by atoms with Gasteiger partial charge in [-0.1, -0.05) is 22.7 Å². The van der Waals surface area contributed by atoms with Gasteiger partial charge in [-0.25, -0.2) is 0 Å². The first-order valence-corrected chi connectivity index (χ1v) is 4.10. The van der Waals surface area contributed by atoms with E-state index in [0.29, 0.717) is 0 Å². The van der Waals surface area contributed by atoms with Crippen LogP contribution in [0.15, 0.2) is 22.3 Å². The predicted molar refractivity (Wildman–Crippen MR) is 46.2 cm³/mol. The van der Waals surface area contributed by atoms with Crippen LogP contribution in [0.5, 0.6) is 0 Å². The summed E-state index contributed by atoms with van der Waals surface area (Å²) in [4.78, 5) is 0. The highest BCUT2D eigenvalue weighted by Gasteiger charge is 2.02. The quantitative estimate of drug-likeness (QED) is 0.503. The molecule has 0 nitrogen and oxygen atoms in total. The van der Waals surface area contributed by atoms with Gasteiger partial charge in [0.2, 0.25) is 0 Å². The maximum atomic E-state index is 5.97. The summed E-state index contributed by atoms with van der Waals surface area (Å²) < 4.78 is 0. The van der Waals surface area contributed by atoms with Gasteiger partial charge in [-0.15, -0.1) is 0 Å². The van der Waals surface area contributed by atoms with Crippen molar-refractivity contribution in [1.82, 2.24) is 0 Å². The standard InChI is InChI=1S/C9H13Cl/c1-7-4-3-5-8(2)9(10)6-7/h6H,3-5H2,1-2H3. The highest BCUT2D eigenvalue weighted by molar-refractivity contribution is 6.31. The van der Waals surface area contributed by atoms with Crippen molar-refractivity contribution >= 4 is 11.6 Å². The van der Waals surface area contributed by atoms with Gasteiger partial charge in [-0.3, -0.25) is 0 Å². The molecule has 0 bridgehead atoms. The van der Waals surface area contributed by atoms with E-state index >= 15 is 0 Å². The molecule has 1 aliphatic rings. The zero-order chi connectivity index (χ0) is 7.56. The Labute approximate surface area is 67.6 Å². The summed E-state index contributed by atoms with van der Waals surface area (Å²) in [7, 11) is 0. The zero-order valence-corrected chi connectivity index (χ0v) is 7.33. The molecule has 0 saturated carbocycles. The fourth-order valence-electron chi connectivity index (χ4n) is 1.16. The molecule has 0 spiro atoms. The molecule has 0 aliphatic heterocycles. The largest absolute Gasteiger partial charge is 0.0844 e. The molecule has 10 heavy (non-hydrogen) atoms. The van der Waals surface area contributed by atoms with E-state index in [2.05, 4.69) is 19.9 Å². The molecule has 0 fully saturated rings. The average molecular weight is 157 g/mol. The number of hydrogen-bond donors (Lipinski definition) is 0. The number of allylic oxidation sites excluding steroid dienone is 4. The van der Waals surface area contributed by atoms with Gasteiger partial charge < -0.3 is 0 Å². The van der Waals surface area contributed by atoms with Crippen LogP contribution in [0.1, 0.15) is 33.1 Å². The molecule has 0 radical (unpaired) electrons. The number of rotatable bonds is 0. The van der Waals surface area contributed by atoms with Gasteiger partial charge in [0.05, 0.1) is 0 Å².